The summed E-state index contributed by atoms with van der Waals surface area (Å²) in [5.41, 5.74) is 6.18. The van der Waals surface area contributed by atoms with Crippen molar-refractivity contribution in [2.24, 2.45) is 0 Å². The average Bonchev–Trinajstić information content (AvgIpc) is 2.98. The van der Waals surface area contributed by atoms with Gasteiger partial charge in [-0.3, -0.25) is 4.79 Å². The van der Waals surface area contributed by atoms with Gasteiger partial charge in [0.05, 0.1) is 6.10 Å². The van der Waals surface area contributed by atoms with E-state index in [0.717, 1.165) is 12.8 Å². The second-order valence-electron chi connectivity index (χ2n) is 4.73. The van der Waals surface area contributed by atoms with Crippen LogP contribution in [0.15, 0.2) is 0 Å². The first-order valence-corrected chi connectivity index (χ1v) is 6.71. The molecule has 100 valence electrons. The molecule has 1 fully saturated rings. The predicted octanol–water partition coefficient (Wildman–Crippen LogP) is 0.434. The summed E-state index contributed by atoms with van der Waals surface area (Å²) in [7, 11) is 1.81. The molecule has 1 atom stereocenters. The zero-order chi connectivity index (χ0) is 13.3. The maximum absolute atomic E-state index is 12.1. The topological polar surface area (TPSA) is 91.5 Å². The summed E-state index contributed by atoms with van der Waals surface area (Å²) < 4.78 is 4.03. The number of nitrogen functional groups attached to an aromatic ring is 1. The summed E-state index contributed by atoms with van der Waals surface area (Å²) in [5.74, 6) is 0.0850. The fourth-order valence-corrected chi connectivity index (χ4v) is 2.51. The highest BCUT2D eigenvalue weighted by atomic mass is 32.1. The van der Waals surface area contributed by atoms with E-state index in [9.17, 15) is 9.90 Å². The predicted molar refractivity (Wildman–Crippen MR) is 72.0 cm³/mol. The van der Waals surface area contributed by atoms with Crippen LogP contribution in [-0.4, -0.2) is 41.1 Å². The van der Waals surface area contributed by atoms with E-state index < -0.39 is 6.10 Å². The molecule has 4 N–H and O–H groups in total. The Morgan fingerprint density at radius 1 is 1.72 bits per heavy atom. The lowest BCUT2D eigenvalue weighted by atomic mass is 10.2. The normalized spacial score (nSPS) is 16.4. The lowest BCUT2D eigenvalue weighted by Gasteiger charge is -2.19. The minimum absolute atomic E-state index is 0.170. The second-order valence-corrected chi connectivity index (χ2v) is 5.48. The number of nitrogens with zero attached hydrogens (tertiary/aromatic N) is 2. The molecule has 0 aromatic carbocycles. The van der Waals surface area contributed by atoms with E-state index in [1.165, 1.54) is 11.5 Å². The van der Waals surface area contributed by atoms with Crippen molar-refractivity contribution in [3.05, 3.63) is 5.56 Å². The van der Waals surface area contributed by atoms with Crippen LogP contribution in [0.1, 0.15) is 30.1 Å². The number of anilines is 2. The smallest absolute Gasteiger partial charge is 0.258 e. The molecule has 7 heteroatoms. The Bertz CT molecular complexity index is 442. The summed E-state index contributed by atoms with van der Waals surface area (Å²) in [6.07, 6.45) is 1.59. The quantitative estimate of drug-likeness (QED) is 0.722. The minimum atomic E-state index is -0.474. The van der Waals surface area contributed by atoms with E-state index >= 15 is 0 Å². The molecule has 1 aromatic rings. The molecule has 2 rings (SSSR count). The number of hydrogen-bond acceptors (Lipinski definition) is 6. The van der Waals surface area contributed by atoms with Crippen molar-refractivity contribution in [2.45, 2.75) is 31.9 Å². The average molecular weight is 270 g/mol. The molecule has 1 heterocycles. The highest BCUT2D eigenvalue weighted by Crippen LogP contribution is 2.31. The van der Waals surface area contributed by atoms with Crippen molar-refractivity contribution in [3.8, 4) is 0 Å². The highest BCUT2D eigenvalue weighted by molar-refractivity contribution is 7.11. The molecule has 0 aliphatic heterocycles. The zero-order valence-corrected chi connectivity index (χ0v) is 11.3. The third-order valence-electron chi connectivity index (χ3n) is 2.72. The van der Waals surface area contributed by atoms with Gasteiger partial charge in [0.15, 0.2) is 5.82 Å². The van der Waals surface area contributed by atoms with Gasteiger partial charge in [-0.25, -0.2) is 0 Å². The first-order valence-electron chi connectivity index (χ1n) is 5.94. The first-order chi connectivity index (χ1) is 8.49. The molecular formula is C11H18N4O2S. The number of aliphatic hydroxyl groups is 1. The van der Waals surface area contributed by atoms with Crippen LogP contribution in [0, 0.1) is 0 Å². The van der Waals surface area contributed by atoms with Crippen molar-refractivity contribution in [1.29, 1.82) is 0 Å². The van der Waals surface area contributed by atoms with Crippen LogP contribution in [0.3, 0.4) is 0 Å². The van der Waals surface area contributed by atoms with Gasteiger partial charge < -0.3 is 21.1 Å². The van der Waals surface area contributed by atoms with Crippen LogP contribution in [0.5, 0.6) is 0 Å². The lowest BCUT2D eigenvalue weighted by Crippen LogP contribution is -2.30. The Balaban J connectivity index is 2.17. The Labute approximate surface area is 110 Å². The van der Waals surface area contributed by atoms with Gasteiger partial charge in [-0.15, -0.1) is 0 Å². The molecule has 0 spiro atoms. The number of carbonyl (C=O) groups is 1. The van der Waals surface area contributed by atoms with E-state index in [1.54, 1.807) is 11.8 Å². The SMILES string of the molecule is CC(O)CN(C)c1snc(N)c1C(=O)NC1CC1. The Hall–Kier alpha value is -1.34. The number of hydrogen-bond donors (Lipinski definition) is 3. The summed E-state index contributed by atoms with van der Waals surface area (Å²) in [6.45, 7) is 2.14. The Morgan fingerprint density at radius 2 is 2.39 bits per heavy atom. The molecule has 1 unspecified atom stereocenters. The number of aliphatic hydroxyl groups excluding tert-OH is 1. The number of carbonyl (C=O) groups excluding carboxylic acids is 1. The molecule has 1 aliphatic rings. The molecule has 1 aromatic heterocycles. The van der Waals surface area contributed by atoms with Crippen LogP contribution < -0.4 is 16.0 Å². The molecule has 0 radical (unpaired) electrons. The molecule has 18 heavy (non-hydrogen) atoms. The van der Waals surface area contributed by atoms with E-state index in [4.69, 9.17) is 5.73 Å². The van der Waals surface area contributed by atoms with Crippen LogP contribution >= 0.6 is 11.5 Å². The van der Waals surface area contributed by atoms with E-state index in [0.29, 0.717) is 17.1 Å². The second kappa shape index (κ2) is 5.11. The summed E-state index contributed by atoms with van der Waals surface area (Å²) in [5, 5.41) is 13.0. The number of aromatic nitrogens is 1. The largest absolute Gasteiger partial charge is 0.392 e. The number of nitrogens with one attached hydrogen (secondary N) is 1. The zero-order valence-electron chi connectivity index (χ0n) is 10.5. The summed E-state index contributed by atoms with van der Waals surface area (Å²) in [4.78, 5) is 13.9. The fourth-order valence-electron chi connectivity index (χ4n) is 1.73. The van der Waals surface area contributed by atoms with E-state index in [2.05, 4.69) is 9.69 Å². The molecular weight excluding hydrogens is 252 g/mol. The molecule has 1 aliphatic carbocycles. The van der Waals surface area contributed by atoms with Crippen LogP contribution in [-0.2, 0) is 0 Å². The molecule has 0 bridgehead atoms. The van der Waals surface area contributed by atoms with Gasteiger partial charge in [0, 0.05) is 19.6 Å². The maximum Gasteiger partial charge on any atom is 0.258 e. The monoisotopic (exact) mass is 270 g/mol. The van der Waals surface area contributed by atoms with Crippen molar-refractivity contribution >= 4 is 28.3 Å². The highest BCUT2D eigenvalue weighted by Gasteiger charge is 2.28. The molecule has 0 saturated heterocycles. The maximum atomic E-state index is 12.1. The number of nitrogens with two attached hydrogens (primary N) is 1. The Kier molecular flexibility index (Phi) is 3.72. The summed E-state index contributed by atoms with van der Waals surface area (Å²) in [6, 6.07) is 0.284. The molecule has 1 saturated carbocycles. The molecule has 1 amide bonds. The Morgan fingerprint density at radius 3 is 2.94 bits per heavy atom. The van der Waals surface area contributed by atoms with Crippen molar-refractivity contribution in [2.75, 3.05) is 24.2 Å². The van der Waals surface area contributed by atoms with Crippen LogP contribution in [0.4, 0.5) is 10.8 Å². The van der Waals surface area contributed by atoms with Crippen molar-refractivity contribution in [1.82, 2.24) is 9.69 Å². The van der Waals surface area contributed by atoms with Gasteiger partial charge >= 0.3 is 0 Å². The third-order valence-corrected chi connectivity index (χ3v) is 3.70. The lowest BCUT2D eigenvalue weighted by molar-refractivity contribution is 0.0952. The van der Waals surface area contributed by atoms with Gasteiger partial charge in [-0.05, 0) is 31.3 Å². The van der Waals surface area contributed by atoms with Gasteiger partial charge in [0.2, 0.25) is 0 Å². The van der Waals surface area contributed by atoms with Gasteiger partial charge in [0.25, 0.3) is 5.91 Å². The summed E-state index contributed by atoms with van der Waals surface area (Å²) >= 11 is 1.18. The van der Waals surface area contributed by atoms with E-state index in [1.807, 2.05) is 7.05 Å². The third kappa shape index (κ3) is 2.91. The number of rotatable bonds is 5. The first kappa shape index (κ1) is 13.1. The van der Waals surface area contributed by atoms with Crippen molar-refractivity contribution < 1.29 is 9.90 Å². The van der Waals surface area contributed by atoms with Crippen LogP contribution in [0.25, 0.3) is 0 Å². The minimum Gasteiger partial charge on any atom is -0.392 e. The van der Waals surface area contributed by atoms with Gasteiger partial charge in [-0.1, -0.05) is 0 Å². The van der Waals surface area contributed by atoms with Gasteiger partial charge in [0.1, 0.15) is 10.6 Å². The fraction of sp³-hybridized carbons (Fsp3) is 0.636. The van der Waals surface area contributed by atoms with Gasteiger partial charge in [-0.2, -0.15) is 4.37 Å². The number of likely N-dealkylation sites (N-methyl/N-ethyl adjacent to an activating group) is 1. The van der Waals surface area contributed by atoms with Crippen LogP contribution in [0.2, 0.25) is 0 Å². The number of amides is 1. The molecule has 6 nitrogen and oxygen atoms in total. The van der Waals surface area contributed by atoms with E-state index in [-0.39, 0.29) is 17.8 Å². The standard InChI is InChI=1S/C11H18N4O2S/c1-6(16)5-15(2)11-8(9(12)14-18-11)10(17)13-7-3-4-7/h6-7,16H,3-5H2,1-2H3,(H2,12,14)(H,13,17). The van der Waals surface area contributed by atoms with Crippen molar-refractivity contribution in [3.63, 3.8) is 0 Å².